The molecule has 2 rings (SSSR count). The first kappa shape index (κ1) is 10.9. The molecule has 82 valence electrons. The molecule has 0 aliphatic rings. The molecular weight excluding hydrogens is 222 g/mol. The summed E-state index contributed by atoms with van der Waals surface area (Å²) in [6.45, 7) is 2.82. The summed E-state index contributed by atoms with van der Waals surface area (Å²) in [7, 11) is 0. The fraction of sp³-hybridized carbons (Fsp3) is 0.167. The highest BCUT2D eigenvalue weighted by atomic mass is 35.5. The molecule has 1 aromatic carbocycles. The lowest BCUT2D eigenvalue weighted by Crippen LogP contribution is -2.01. The maximum atomic E-state index is 5.84. The van der Waals surface area contributed by atoms with Crippen LogP contribution in [0.3, 0.4) is 0 Å². The molecule has 0 aliphatic heterocycles. The largest absolute Gasteiger partial charge is 0.354 e. The number of nitrogens with one attached hydrogen (secondary N) is 1. The third-order valence-corrected chi connectivity index (χ3v) is 2.38. The molecule has 0 radical (unpaired) electrons. The standard InChI is InChI=1S/C12H12ClN3/c1-2-14-12-15-8-7-11(16-12)9-3-5-10(13)6-4-9/h3-8H,2H2,1H3,(H,14,15,16). The van der Waals surface area contributed by atoms with Crippen molar-refractivity contribution in [3.05, 3.63) is 41.6 Å². The molecule has 2 aromatic rings. The van der Waals surface area contributed by atoms with E-state index in [2.05, 4.69) is 15.3 Å². The maximum Gasteiger partial charge on any atom is 0.223 e. The molecule has 0 saturated carbocycles. The summed E-state index contributed by atoms with van der Waals surface area (Å²) in [6, 6.07) is 9.47. The van der Waals surface area contributed by atoms with E-state index in [4.69, 9.17) is 11.6 Å². The van der Waals surface area contributed by atoms with Crippen LogP contribution in [0.25, 0.3) is 11.3 Å². The zero-order valence-electron chi connectivity index (χ0n) is 8.94. The zero-order chi connectivity index (χ0) is 11.4. The van der Waals surface area contributed by atoms with Gasteiger partial charge in [0.05, 0.1) is 5.69 Å². The van der Waals surface area contributed by atoms with Crippen LogP contribution in [0.4, 0.5) is 5.95 Å². The number of anilines is 1. The Bertz CT molecular complexity index is 468. The predicted octanol–water partition coefficient (Wildman–Crippen LogP) is 3.23. The van der Waals surface area contributed by atoms with Crippen LogP contribution in [0.1, 0.15) is 6.92 Å². The Hall–Kier alpha value is -1.61. The number of nitrogens with zero attached hydrogens (tertiary/aromatic N) is 2. The second-order valence-corrected chi connectivity index (χ2v) is 3.74. The zero-order valence-corrected chi connectivity index (χ0v) is 9.70. The Morgan fingerprint density at radius 1 is 1.19 bits per heavy atom. The predicted molar refractivity (Wildman–Crippen MR) is 66.6 cm³/mol. The van der Waals surface area contributed by atoms with Crippen LogP contribution < -0.4 is 5.32 Å². The summed E-state index contributed by atoms with van der Waals surface area (Å²) in [6.07, 6.45) is 1.74. The number of hydrogen-bond acceptors (Lipinski definition) is 3. The van der Waals surface area contributed by atoms with Crippen LogP contribution in [0, 0.1) is 0 Å². The van der Waals surface area contributed by atoms with Gasteiger partial charge in [-0.25, -0.2) is 9.97 Å². The molecule has 0 fully saturated rings. The van der Waals surface area contributed by atoms with Gasteiger partial charge in [0.25, 0.3) is 0 Å². The van der Waals surface area contributed by atoms with E-state index < -0.39 is 0 Å². The van der Waals surface area contributed by atoms with Gasteiger partial charge in [-0.2, -0.15) is 0 Å². The van der Waals surface area contributed by atoms with Crippen molar-refractivity contribution < 1.29 is 0 Å². The summed E-state index contributed by atoms with van der Waals surface area (Å²) < 4.78 is 0. The van der Waals surface area contributed by atoms with Gasteiger partial charge >= 0.3 is 0 Å². The van der Waals surface area contributed by atoms with Crippen molar-refractivity contribution in [1.82, 2.24) is 9.97 Å². The minimum Gasteiger partial charge on any atom is -0.354 e. The summed E-state index contributed by atoms with van der Waals surface area (Å²) in [5, 5.41) is 3.81. The van der Waals surface area contributed by atoms with Crippen LogP contribution in [0.5, 0.6) is 0 Å². The van der Waals surface area contributed by atoms with E-state index in [1.54, 1.807) is 6.20 Å². The van der Waals surface area contributed by atoms with Gasteiger partial charge in [-0.1, -0.05) is 23.7 Å². The Balaban J connectivity index is 2.32. The molecule has 1 heterocycles. The molecule has 3 nitrogen and oxygen atoms in total. The van der Waals surface area contributed by atoms with Gasteiger partial charge in [0.15, 0.2) is 0 Å². The van der Waals surface area contributed by atoms with Gasteiger partial charge in [-0.15, -0.1) is 0 Å². The van der Waals surface area contributed by atoms with Crippen molar-refractivity contribution in [3.8, 4) is 11.3 Å². The molecule has 0 saturated heterocycles. The quantitative estimate of drug-likeness (QED) is 0.885. The van der Waals surface area contributed by atoms with Crippen molar-refractivity contribution in [2.75, 3.05) is 11.9 Å². The highest BCUT2D eigenvalue weighted by Crippen LogP contribution is 2.19. The van der Waals surface area contributed by atoms with Crippen LogP contribution in [0.2, 0.25) is 5.02 Å². The maximum absolute atomic E-state index is 5.84. The van der Waals surface area contributed by atoms with Crippen LogP contribution >= 0.6 is 11.6 Å². The third-order valence-electron chi connectivity index (χ3n) is 2.13. The topological polar surface area (TPSA) is 37.8 Å². The van der Waals surface area contributed by atoms with Crippen molar-refractivity contribution in [1.29, 1.82) is 0 Å². The van der Waals surface area contributed by atoms with Crippen molar-refractivity contribution in [3.63, 3.8) is 0 Å². The lowest BCUT2D eigenvalue weighted by Gasteiger charge is -2.04. The number of benzene rings is 1. The van der Waals surface area contributed by atoms with E-state index in [1.807, 2.05) is 37.3 Å². The van der Waals surface area contributed by atoms with Crippen LogP contribution in [-0.2, 0) is 0 Å². The first-order chi connectivity index (χ1) is 7.79. The smallest absolute Gasteiger partial charge is 0.223 e. The van der Waals surface area contributed by atoms with E-state index in [0.29, 0.717) is 5.95 Å². The lowest BCUT2D eigenvalue weighted by atomic mass is 10.1. The van der Waals surface area contributed by atoms with Gasteiger partial charge in [-0.05, 0) is 25.1 Å². The Morgan fingerprint density at radius 2 is 1.94 bits per heavy atom. The van der Waals surface area contributed by atoms with Crippen LogP contribution in [0.15, 0.2) is 36.5 Å². The van der Waals surface area contributed by atoms with E-state index >= 15 is 0 Å². The van der Waals surface area contributed by atoms with Crippen molar-refractivity contribution >= 4 is 17.5 Å². The molecular formula is C12H12ClN3. The molecule has 16 heavy (non-hydrogen) atoms. The fourth-order valence-electron chi connectivity index (χ4n) is 1.38. The van der Waals surface area contributed by atoms with Crippen LogP contribution in [-0.4, -0.2) is 16.5 Å². The van der Waals surface area contributed by atoms with Gasteiger partial charge in [-0.3, -0.25) is 0 Å². The van der Waals surface area contributed by atoms with Crippen molar-refractivity contribution in [2.45, 2.75) is 6.92 Å². The van der Waals surface area contributed by atoms with Gasteiger partial charge < -0.3 is 5.32 Å². The number of rotatable bonds is 3. The normalized spacial score (nSPS) is 10.1. The molecule has 0 bridgehead atoms. The molecule has 0 unspecified atom stereocenters. The molecule has 1 N–H and O–H groups in total. The second kappa shape index (κ2) is 4.94. The molecule has 4 heteroatoms. The minimum absolute atomic E-state index is 0.648. The molecule has 0 aliphatic carbocycles. The van der Waals surface area contributed by atoms with Gasteiger partial charge in [0.1, 0.15) is 0 Å². The van der Waals surface area contributed by atoms with E-state index in [-0.39, 0.29) is 0 Å². The van der Waals surface area contributed by atoms with E-state index in [0.717, 1.165) is 22.8 Å². The average Bonchev–Trinajstić information content (AvgIpc) is 2.31. The molecule has 0 amide bonds. The van der Waals surface area contributed by atoms with Gasteiger partial charge in [0, 0.05) is 23.3 Å². The summed E-state index contributed by atoms with van der Waals surface area (Å²) in [4.78, 5) is 8.52. The molecule has 0 atom stereocenters. The lowest BCUT2D eigenvalue weighted by molar-refractivity contribution is 1.09. The summed E-state index contributed by atoms with van der Waals surface area (Å²) in [5.74, 6) is 0.648. The van der Waals surface area contributed by atoms with E-state index in [9.17, 15) is 0 Å². The molecule has 0 spiro atoms. The average molecular weight is 234 g/mol. The SMILES string of the molecule is CCNc1nccc(-c2ccc(Cl)cc2)n1. The van der Waals surface area contributed by atoms with Gasteiger partial charge in [0.2, 0.25) is 5.95 Å². The summed E-state index contributed by atoms with van der Waals surface area (Å²) >= 11 is 5.84. The first-order valence-corrected chi connectivity index (χ1v) is 5.50. The summed E-state index contributed by atoms with van der Waals surface area (Å²) in [5.41, 5.74) is 1.92. The Labute approximate surface area is 99.5 Å². The van der Waals surface area contributed by atoms with E-state index in [1.165, 1.54) is 0 Å². The third kappa shape index (κ3) is 2.49. The Kier molecular flexibility index (Phi) is 3.37. The second-order valence-electron chi connectivity index (χ2n) is 3.30. The fourth-order valence-corrected chi connectivity index (χ4v) is 1.51. The first-order valence-electron chi connectivity index (χ1n) is 5.12. The molecule has 1 aromatic heterocycles. The highest BCUT2D eigenvalue weighted by Gasteiger charge is 2.01. The monoisotopic (exact) mass is 233 g/mol. The Morgan fingerprint density at radius 3 is 2.62 bits per heavy atom. The number of aromatic nitrogens is 2. The number of hydrogen-bond donors (Lipinski definition) is 1. The minimum atomic E-state index is 0.648. The van der Waals surface area contributed by atoms with Crippen molar-refractivity contribution in [2.24, 2.45) is 0 Å². The highest BCUT2D eigenvalue weighted by molar-refractivity contribution is 6.30. The number of halogens is 1.